The normalized spacial score (nSPS) is 11.2. The molecule has 0 heterocycles. The molecular weight excluding hydrogens is 234 g/mol. The van der Waals surface area contributed by atoms with Gasteiger partial charge in [0, 0.05) is 11.8 Å². The van der Waals surface area contributed by atoms with Crippen LogP contribution in [0.1, 0.15) is 6.42 Å². The van der Waals surface area contributed by atoms with Crippen molar-refractivity contribution >= 4 is 20.6 Å². The van der Waals surface area contributed by atoms with E-state index >= 15 is 0 Å². The molecule has 0 unspecified atom stereocenters. The maximum absolute atomic E-state index is 12.1. The predicted octanol–water partition coefficient (Wildman–Crippen LogP) is 2.53. The van der Waals surface area contributed by atoms with E-state index in [-0.39, 0.29) is 12.2 Å². The number of benzene rings is 2. The van der Waals surface area contributed by atoms with Crippen LogP contribution in [0.2, 0.25) is 0 Å². The lowest BCUT2D eigenvalue weighted by molar-refractivity contribution is 0.597. The second kappa shape index (κ2) is 4.56. The Balaban J connectivity index is 2.60. The van der Waals surface area contributed by atoms with Crippen molar-refractivity contribution in [3.8, 4) is 6.07 Å². The lowest BCUT2D eigenvalue weighted by atomic mass is 10.1. The van der Waals surface area contributed by atoms with E-state index in [1.165, 1.54) is 0 Å². The largest absolute Gasteiger partial charge is 0.224 e. The molecular formula is C13H11NO2S. The van der Waals surface area contributed by atoms with Gasteiger partial charge in [-0.05, 0) is 11.5 Å². The summed E-state index contributed by atoms with van der Waals surface area (Å²) in [4.78, 5) is 0.311. The van der Waals surface area contributed by atoms with Crippen molar-refractivity contribution in [3.05, 3.63) is 42.5 Å². The van der Waals surface area contributed by atoms with Crippen LogP contribution < -0.4 is 0 Å². The van der Waals surface area contributed by atoms with Crippen LogP contribution in [0.15, 0.2) is 47.4 Å². The average Bonchev–Trinajstić information content (AvgIpc) is 2.36. The van der Waals surface area contributed by atoms with Crippen LogP contribution in [-0.4, -0.2) is 14.2 Å². The molecule has 0 N–H and O–H groups in total. The van der Waals surface area contributed by atoms with Crippen molar-refractivity contribution in [1.82, 2.24) is 0 Å². The van der Waals surface area contributed by atoms with Gasteiger partial charge in [-0.2, -0.15) is 5.26 Å². The zero-order chi connectivity index (χ0) is 12.3. The summed E-state index contributed by atoms with van der Waals surface area (Å²) < 4.78 is 24.1. The number of sulfone groups is 1. The molecule has 0 radical (unpaired) electrons. The molecule has 0 amide bonds. The summed E-state index contributed by atoms with van der Waals surface area (Å²) in [5, 5.41) is 10.1. The van der Waals surface area contributed by atoms with Crippen molar-refractivity contribution in [2.45, 2.75) is 11.3 Å². The first kappa shape index (κ1) is 11.6. The SMILES string of the molecule is N#CCCS(=O)(=O)c1cccc2ccccc12. The van der Waals surface area contributed by atoms with E-state index < -0.39 is 9.84 Å². The van der Waals surface area contributed by atoms with Gasteiger partial charge in [-0.25, -0.2) is 8.42 Å². The van der Waals surface area contributed by atoms with Crippen LogP contribution in [0, 0.1) is 11.3 Å². The van der Waals surface area contributed by atoms with Gasteiger partial charge in [-0.3, -0.25) is 0 Å². The second-order valence-electron chi connectivity index (χ2n) is 3.70. The highest BCUT2D eigenvalue weighted by Crippen LogP contribution is 2.23. The summed E-state index contributed by atoms with van der Waals surface area (Å²) in [6.07, 6.45) is 0.0194. The number of nitriles is 1. The van der Waals surface area contributed by atoms with Gasteiger partial charge in [0.25, 0.3) is 0 Å². The molecule has 3 nitrogen and oxygen atoms in total. The third-order valence-corrected chi connectivity index (χ3v) is 4.33. The molecule has 0 aliphatic carbocycles. The van der Waals surface area contributed by atoms with E-state index in [0.29, 0.717) is 10.3 Å². The van der Waals surface area contributed by atoms with Crippen molar-refractivity contribution in [3.63, 3.8) is 0 Å². The fourth-order valence-corrected chi connectivity index (χ4v) is 3.14. The smallest absolute Gasteiger partial charge is 0.180 e. The zero-order valence-electron chi connectivity index (χ0n) is 9.13. The van der Waals surface area contributed by atoms with E-state index in [9.17, 15) is 8.42 Å². The molecule has 0 spiro atoms. The molecule has 86 valence electrons. The Labute approximate surface area is 100 Å². The Kier molecular flexibility index (Phi) is 3.12. The van der Waals surface area contributed by atoms with Crippen molar-refractivity contribution in [2.75, 3.05) is 5.75 Å². The molecule has 2 aromatic carbocycles. The lowest BCUT2D eigenvalue weighted by Crippen LogP contribution is -2.06. The maximum Gasteiger partial charge on any atom is 0.180 e. The Morgan fingerprint density at radius 1 is 1.06 bits per heavy atom. The molecule has 0 bridgehead atoms. The lowest BCUT2D eigenvalue weighted by Gasteiger charge is -2.06. The highest BCUT2D eigenvalue weighted by Gasteiger charge is 2.16. The van der Waals surface area contributed by atoms with E-state index in [1.54, 1.807) is 18.2 Å². The highest BCUT2D eigenvalue weighted by atomic mass is 32.2. The average molecular weight is 245 g/mol. The van der Waals surface area contributed by atoms with Gasteiger partial charge in [0.1, 0.15) is 0 Å². The van der Waals surface area contributed by atoms with Crippen LogP contribution in [0.25, 0.3) is 10.8 Å². The molecule has 4 heteroatoms. The van der Waals surface area contributed by atoms with Gasteiger partial charge in [0.2, 0.25) is 0 Å². The van der Waals surface area contributed by atoms with E-state index in [2.05, 4.69) is 0 Å². The van der Waals surface area contributed by atoms with E-state index in [1.807, 2.05) is 30.3 Å². The van der Waals surface area contributed by atoms with Crippen LogP contribution in [0.3, 0.4) is 0 Å². The maximum atomic E-state index is 12.1. The first-order valence-electron chi connectivity index (χ1n) is 5.22. The zero-order valence-corrected chi connectivity index (χ0v) is 9.94. The van der Waals surface area contributed by atoms with Crippen LogP contribution in [-0.2, 0) is 9.84 Å². The summed E-state index contributed by atoms with van der Waals surface area (Å²) in [5.74, 6) is -0.127. The summed E-state index contributed by atoms with van der Waals surface area (Å²) in [6.45, 7) is 0. The predicted molar refractivity (Wildman–Crippen MR) is 66.2 cm³/mol. The molecule has 2 aromatic rings. The summed E-state index contributed by atoms with van der Waals surface area (Å²) in [6, 6.07) is 14.4. The van der Waals surface area contributed by atoms with Crippen molar-refractivity contribution < 1.29 is 8.42 Å². The molecule has 0 saturated carbocycles. The van der Waals surface area contributed by atoms with Gasteiger partial charge in [-0.15, -0.1) is 0 Å². The van der Waals surface area contributed by atoms with Gasteiger partial charge < -0.3 is 0 Å². The molecule has 17 heavy (non-hydrogen) atoms. The Bertz CT molecular complexity index is 679. The minimum atomic E-state index is -3.37. The Morgan fingerprint density at radius 2 is 1.76 bits per heavy atom. The van der Waals surface area contributed by atoms with Crippen LogP contribution >= 0.6 is 0 Å². The van der Waals surface area contributed by atoms with Crippen LogP contribution in [0.5, 0.6) is 0 Å². The highest BCUT2D eigenvalue weighted by molar-refractivity contribution is 7.91. The Hall–Kier alpha value is -1.86. The number of fused-ring (bicyclic) bond motifs is 1. The summed E-state index contributed by atoms with van der Waals surface area (Å²) in [7, 11) is -3.37. The molecule has 2 rings (SSSR count). The molecule has 0 atom stereocenters. The first-order chi connectivity index (χ1) is 8.15. The quantitative estimate of drug-likeness (QED) is 0.834. The monoisotopic (exact) mass is 245 g/mol. The Morgan fingerprint density at radius 3 is 2.53 bits per heavy atom. The summed E-state index contributed by atoms with van der Waals surface area (Å²) in [5.41, 5.74) is 0. The van der Waals surface area contributed by atoms with Gasteiger partial charge >= 0.3 is 0 Å². The van der Waals surface area contributed by atoms with E-state index in [4.69, 9.17) is 5.26 Å². The fraction of sp³-hybridized carbons (Fsp3) is 0.154. The van der Waals surface area contributed by atoms with Crippen molar-refractivity contribution in [2.24, 2.45) is 0 Å². The summed E-state index contributed by atoms with van der Waals surface area (Å²) >= 11 is 0. The van der Waals surface area contributed by atoms with Gasteiger partial charge in [0.05, 0.1) is 16.7 Å². The number of nitrogens with zero attached hydrogens (tertiary/aromatic N) is 1. The minimum Gasteiger partial charge on any atom is -0.224 e. The number of hydrogen-bond donors (Lipinski definition) is 0. The third kappa shape index (κ3) is 2.29. The second-order valence-corrected chi connectivity index (χ2v) is 5.78. The number of rotatable bonds is 3. The van der Waals surface area contributed by atoms with E-state index in [0.717, 1.165) is 5.39 Å². The molecule has 0 fully saturated rings. The first-order valence-corrected chi connectivity index (χ1v) is 6.88. The number of hydrogen-bond acceptors (Lipinski definition) is 3. The third-order valence-electron chi connectivity index (χ3n) is 2.57. The topological polar surface area (TPSA) is 57.9 Å². The standard InChI is InChI=1S/C13H11NO2S/c14-9-4-10-17(15,16)13-8-3-6-11-5-1-2-7-12(11)13/h1-3,5-8H,4,10H2. The molecule has 0 aliphatic heterocycles. The molecule has 0 aromatic heterocycles. The van der Waals surface area contributed by atoms with Crippen molar-refractivity contribution in [1.29, 1.82) is 5.26 Å². The van der Waals surface area contributed by atoms with Gasteiger partial charge in [0.15, 0.2) is 9.84 Å². The molecule has 0 aliphatic rings. The molecule has 0 saturated heterocycles. The minimum absolute atomic E-state index is 0.0194. The fourth-order valence-electron chi connectivity index (χ4n) is 1.76. The van der Waals surface area contributed by atoms with Gasteiger partial charge in [-0.1, -0.05) is 36.4 Å². The van der Waals surface area contributed by atoms with Crippen LogP contribution in [0.4, 0.5) is 0 Å².